The average molecular weight is 383 g/mol. The number of carbonyl (C=O) groups is 2. The molecule has 0 saturated carbocycles. The van der Waals surface area contributed by atoms with Gasteiger partial charge in [-0.2, -0.15) is 0 Å². The first-order chi connectivity index (χ1) is 12.8. The number of hydrogen-bond acceptors (Lipinski definition) is 3. The second-order valence-electron chi connectivity index (χ2n) is 9.20. The summed E-state index contributed by atoms with van der Waals surface area (Å²) < 4.78 is 5.84. The van der Waals surface area contributed by atoms with E-state index in [0.29, 0.717) is 12.2 Å². The van der Waals surface area contributed by atoms with Crippen molar-refractivity contribution in [3.05, 3.63) is 0 Å². The molecule has 27 heavy (non-hydrogen) atoms. The fourth-order valence-electron chi connectivity index (χ4n) is 3.20. The van der Waals surface area contributed by atoms with Gasteiger partial charge in [0.25, 0.3) is 0 Å². The summed E-state index contributed by atoms with van der Waals surface area (Å²) in [5, 5.41) is 0. The van der Waals surface area contributed by atoms with Gasteiger partial charge in [0.1, 0.15) is 11.9 Å². The van der Waals surface area contributed by atoms with Crippen molar-refractivity contribution in [2.75, 3.05) is 0 Å². The van der Waals surface area contributed by atoms with Crippen LogP contribution < -0.4 is 0 Å². The molecule has 0 aromatic heterocycles. The first-order valence-electron chi connectivity index (χ1n) is 11.5. The SMILES string of the molecule is CCCCCCCCCC(CCCCCCCC(C)=O)OC(=O)C(C)(C)C. The van der Waals surface area contributed by atoms with Crippen LogP contribution >= 0.6 is 0 Å². The van der Waals surface area contributed by atoms with Crippen molar-refractivity contribution in [3.8, 4) is 0 Å². The lowest BCUT2D eigenvalue weighted by Crippen LogP contribution is -2.28. The smallest absolute Gasteiger partial charge is 0.311 e. The van der Waals surface area contributed by atoms with Gasteiger partial charge in [0, 0.05) is 6.42 Å². The summed E-state index contributed by atoms with van der Waals surface area (Å²) in [6.07, 6.45) is 17.4. The van der Waals surface area contributed by atoms with Crippen molar-refractivity contribution in [2.45, 2.75) is 137 Å². The Bertz CT molecular complexity index is 382. The maximum absolute atomic E-state index is 12.3. The number of esters is 1. The van der Waals surface area contributed by atoms with Crippen LogP contribution in [0.15, 0.2) is 0 Å². The van der Waals surface area contributed by atoms with E-state index in [4.69, 9.17) is 4.74 Å². The molecule has 3 nitrogen and oxygen atoms in total. The standard InChI is InChI=1S/C24H46O3/c1-6-7-8-9-10-13-16-19-22(27-23(26)24(3,4)5)20-17-14-11-12-15-18-21(2)25/h22H,6-20H2,1-5H3. The van der Waals surface area contributed by atoms with Crippen molar-refractivity contribution >= 4 is 11.8 Å². The summed E-state index contributed by atoms with van der Waals surface area (Å²) >= 11 is 0. The number of ether oxygens (including phenoxy) is 1. The van der Waals surface area contributed by atoms with E-state index in [9.17, 15) is 9.59 Å². The number of hydrogen-bond donors (Lipinski definition) is 0. The summed E-state index contributed by atoms with van der Waals surface area (Å²) in [6.45, 7) is 9.69. The van der Waals surface area contributed by atoms with Gasteiger partial charge in [-0.3, -0.25) is 4.79 Å². The van der Waals surface area contributed by atoms with Gasteiger partial charge >= 0.3 is 5.97 Å². The Morgan fingerprint density at radius 1 is 0.741 bits per heavy atom. The molecule has 0 N–H and O–H groups in total. The molecule has 3 heteroatoms. The van der Waals surface area contributed by atoms with Crippen molar-refractivity contribution < 1.29 is 14.3 Å². The fourth-order valence-corrected chi connectivity index (χ4v) is 3.20. The van der Waals surface area contributed by atoms with Crippen LogP contribution in [0.1, 0.15) is 131 Å². The van der Waals surface area contributed by atoms with Gasteiger partial charge in [-0.25, -0.2) is 0 Å². The van der Waals surface area contributed by atoms with Gasteiger partial charge in [-0.05, 0) is 59.8 Å². The second-order valence-corrected chi connectivity index (χ2v) is 9.20. The lowest BCUT2D eigenvalue weighted by molar-refractivity contribution is -0.159. The van der Waals surface area contributed by atoms with Gasteiger partial charge in [-0.1, -0.05) is 64.7 Å². The summed E-state index contributed by atoms with van der Waals surface area (Å²) in [4.78, 5) is 23.2. The van der Waals surface area contributed by atoms with Crippen molar-refractivity contribution in [1.29, 1.82) is 0 Å². The number of rotatable bonds is 17. The molecule has 0 bridgehead atoms. The molecule has 0 aromatic carbocycles. The molecule has 0 aliphatic rings. The number of carbonyl (C=O) groups excluding carboxylic acids is 2. The van der Waals surface area contributed by atoms with Crippen molar-refractivity contribution in [3.63, 3.8) is 0 Å². The number of Topliss-reactive ketones (excluding diaryl/α,β-unsaturated/α-hetero) is 1. The highest BCUT2D eigenvalue weighted by molar-refractivity contribution is 5.75. The van der Waals surface area contributed by atoms with Crippen LogP contribution in [-0.2, 0) is 14.3 Å². The molecule has 1 atom stereocenters. The highest BCUT2D eigenvalue weighted by atomic mass is 16.5. The molecule has 0 fully saturated rings. The predicted octanol–water partition coefficient (Wildman–Crippen LogP) is 7.40. The van der Waals surface area contributed by atoms with E-state index in [0.717, 1.165) is 38.5 Å². The van der Waals surface area contributed by atoms with Crippen molar-refractivity contribution in [2.24, 2.45) is 5.41 Å². The van der Waals surface area contributed by atoms with Gasteiger partial charge < -0.3 is 9.53 Å². The van der Waals surface area contributed by atoms with Crippen LogP contribution in [0.5, 0.6) is 0 Å². The van der Waals surface area contributed by atoms with E-state index in [1.54, 1.807) is 6.92 Å². The Kier molecular flexibility index (Phi) is 15.6. The molecule has 0 amide bonds. The van der Waals surface area contributed by atoms with Crippen LogP contribution in [-0.4, -0.2) is 17.9 Å². The lowest BCUT2D eigenvalue weighted by atomic mass is 9.96. The quantitative estimate of drug-likeness (QED) is 0.194. The molecule has 0 saturated heterocycles. The Morgan fingerprint density at radius 2 is 1.19 bits per heavy atom. The van der Waals surface area contributed by atoms with Gasteiger partial charge in [0.2, 0.25) is 0 Å². The largest absolute Gasteiger partial charge is 0.462 e. The Morgan fingerprint density at radius 3 is 1.63 bits per heavy atom. The third kappa shape index (κ3) is 17.0. The Balaban J connectivity index is 4.06. The van der Waals surface area contributed by atoms with E-state index in [1.165, 1.54) is 51.4 Å². The van der Waals surface area contributed by atoms with Gasteiger partial charge in [-0.15, -0.1) is 0 Å². The first kappa shape index (κ1) is 26.1. The number of ketones is 1. The minimum atomic E-state index is -0.426. The van der Waals surface area contributed by atoms with E-state index >= 15 is 0 Å². The molecule has 0 radical (unpaired) electrons. The molecular weight excluding hydrogens is 336 g/mol. The second kappa shape index (κ2) is 16.1. The Hall–Kier alpha value is -0.860. The first-order valence-corrected chi connectivity index (χ1v) is 11.5. The lowest BCUT2D eigenvalue weighted by Gasteiger charge is -2.23. The zero-order valence-electron chi connectivity index (χ0n) is 18.9. The third-order valence-corrected chi connectivity index (χ3v) is 5.07. The molecule has 0 aromatic rings. The zero-order chi connectivity index (χ0) is 20.5. The minimum Gasteiger partial charge on any atom is -0.462 e. The van der Waals surface area contributed by atoms with Crippen LogP contribution in [0.4, 0.5) is 0 Å². The van der Waals surface area contributed by atoms with Gasteiger partial charge in [0.05, 0.1) is 5.41 Å². The van der Waals surface area contributed by atoms with Crippen molar-refractivity contribution in [1.82, 2.24) is 0 Å². The fraction of sp³-hybridized carbons (Fsp3) is 0.917. The van der Waals surface area contributed by atoms with E-state index in [2.05, 4.69) is 6.92 Å². The predicted molar refractivity (Wildman–Crippen MR) is 115 cm³/mol. The highest BCUT2D eigenvalue weighted by Gasteiger charge is 2.26. The molecule has 0 aliphatic heterocycles. The Labute approximate surface area is 169 Å². The molecule has 0 spiro atoms. The topological polar surface area (TPSA) is 43.4 Å². The molecule has 0 heterocycles. The molecule has 0 rings (SSSR count). The van der Waals surface area contributed by atoms with E-state index < -0.39 is 5.41 Å². The molecular formula is C24H46O3. The van der Waals surface area contributed by atoms with E-state index in [-0.39, 0.29) is 12.1 Å². The minimum absolute atomic E-state index is 0.0723. The maximum atomic E-state index is 12.3. The van der Waals surface area contributed by atoms with Gasteiger partial charge in [0.15, 0.2) is 0 Å². The van der Waals surface area contributed by atoms with Crippen LogP contribution in [0.2, 0.25) is 0 Å². The van der Waals surface area contributed by atoms with Crippen LogP contribution in [0.25, 0.3) is 0 Å². The summed E-state index contributed by atoms with van der Waals surface area (Å²) in [7, 11) is 0. The number of unbranched alkanes of at least 4 members (excludes halogenated alkanes) is 10. The van der Waals surface area contributed by atoms with Crippen LogP contribution in [0.3, 0.4) is 0 Å². The normalized spacial score (nSPS) is 12.8. The molecule has 160 valence electrons. The monoisotopic (exact) mass is 382 g/mol. The van der Waals surface area contributed by atoms with Crippen LogP contribution in [0, 0.1) is 5.41 Å². The molecule has 1 unspecified atom stereocenters. The van der Waals surface area contributed by atoms with E-state index in [1.807, 2.05) is 20.8 Å². The average Bonchev–Trinajstić information content (AvgIpc) is 2.58. The summed E-state index contributed by atoms with van der Waals surface area (Å²) in [5.74, 6) is 0.218. The highest BCUT2D eigenvalue weighted by Crippen LogP contribution is 2.22. The summed E-state index contributed by atoms with van der Waals surface area (Å²) in [5.41, 5.74) is -0.426. The maximum Gasteiger partial charge on any atom is 0.311 e. The zero-order valence-corrected chi connectivity index (χ0v) is 18.9. The third-order valence-electron chi connectivity index (χ3n) is 5.07. The molecule has 0 aliphatic carbocycles. The summed E-state index contributed by atoms with van der Waals surface area (Å²) in [6, 6.07) is 0.